The average Bonchev–Trinajstić information content (AvgIpc) is 2.93. The second-order valence-electron chi connectivity index (χ2n) is 4.98. The van der Waals surface area contributed by atoms with Crippen molar-refractivity contribution < 1.29 is 13.9 Å². The molecule has 0 bridgehead atoms. The van der Waals surface area contributed by atoms with Gasteiger partial charge >= 0.3 is 0 Å². The molecule has 1 aromatic rings. The highest BCUT2D eigenvalue weighted by atomic mass is 79.9. The van der Waals surface area contributed by atoms with Gasteiger partial charge in [-0.25, -0.2) is 4.39 Å². The largest absolute Gasteiger partial charge is 0.494 e. The molecule has 0 aromatic heterocycles. The number of hydrogen-bond acceptors (Lipinski definition) is 2. The van der Waals surface area contributed by atoms with Crippen molar-refractivity contribution in [2.45, 2.75) is 31.7 Å². The summed E-state index contributed by atoms with van der Waals surface area (Å²) in [7, 11) is 1.40. The van der Waals surface area contributed by atoms with Gasteiger partial charge < -0.3 is 9.64 Å². The Morgan fingerprint density at radius 2 is 2.35 bits per heavy atom. The SMILES string of the molecule is COc1cc(C(=O)N2CCCC2CCCBr)ccc1F. The highest BCUT2D eigenvalue weighted by molar-refractivity contribution is 9.09. The quantitative estimate of drug-likeness (QED) is 0.764. The number of hydrogen-bond donors (Lipinski definition) is 0. The number of ether oxygens (including phenoxy) is 1. The topological polar surface area (TPSA) is 29.5 Å². The monoisotopic (exact) mass is 343 g/mol. The predicted octanol–water partition coefficient (Wildman–Crippen LogP) is 3.61. The molecule has 20 heavy (non-hydrogen) atoms. The summed E-state index contributed by atoms with van der Waals surface area (Å²) < 4.78 is 18.3. The maximum atomic E-state index is 13.4. The zero-order valence-corrected chi connectivity index (χ0v) is 13.2. The number of carbonyl (C=O) groups is 1. The van der Waals surface area contributed by atoms with E-state index in [1.807, 2.05) is 4.90 Å². The molecular weight excluding hydrogens is 325 g/mol. The minimum Gasteiger partial charge on any atom is -0.494 e. The van der Waals surface area contributed by atoms with Crippen LogP contribution in [-0.4, -0.2) is 35.8 Å². The zero-order chi connectivity index (χ0) is 14.5. The van der Waals surface area contributed by atoms with E-state index >= 15 is 0 Å². The standard InChI is InChI=1S/C15H19BrFNO2/c1-20-14-10-11(6-7-13(14)17)15(19)18-9-3-5-12(18)4-2-8-16/h6-7,10,12H,2-5,8-9H2,1H3. The molecule has 2 rings (SSSR count). The Morgan fingerprint density at radius 1 is 1.55 bits per heavy atom. The highest BCUT2D eigenvalue weighted by Gasteiger charge is 2.29. The van der Waals surface area contributed by atoms with Crippen LogP contribution in [0.4, 0.5) is 4.39 Å². The number of methoxy groups -OCH3 is 1. The smallest absolute Gasteiger partial charge is 0.254 e. The van der Waals surface area contributed by atoms with Gasteiger partial charge in [0.15, 0.2) is 11.6 Å². The fourth-order valence-electron chi connectivity index (χ4n) is 2.67. The lowest BCUT2D eigenvalue weighted by molar-refractivity contribution is 0.0730. The third-order valence-electron chi connectivity index (χ3n) is 3.71. The Morgan fingerprint density at radius 3 is 3.05 bits per heavy atom. The van der Waals surface area contributed by atoms with Crippen LogP contribution in [0.2, 0.25) is 0 Å². The number of benzene rings is 1. The van der Waals surface area contributed by atoms with Crippen molar-refractivity contribution in [1.29, 1.82) is 0 Å². The van der Waals surface area contributed by atoms with E-state index in [0.717, 1.165) is 37.6 Å². The number of alkyl halides is 1. The van der Waals surface area contributed by atoms with Gasteiger partial charge in [-0.05, 0) is 43.9 Å². The fourth-order valence-corrected chi connectivity index (χ4v) is 3.00. The number of rotatable bonds is 5. The van der Waals surface area contributed by atoms with Crippen LogP contribution in [-0.2, 0) is 0 Å². The van der Waals surface area contributed by atoms with Crippen LogP contribution >= 0.6 is 15.9 Å². The van der Waals surface area contributed by atoms with Gasteiger partial charge in [0.05, 0.1) is 7.11 Å². The summed E-state index contributed by atoms with van der Waals surface area (Å²) in [5.74, 6) is -0.353. The lowest BCUT2D eigenvalue weighted by atomic mass is 10.1. The molecule has 5 heteroatoms. The maximum absolute atomic E-state index is 13.4. The highest BCUT2D eigenvalue weighted by Crippen LogP contribution is 2.26. The first-order valence-corrected chi connectivity index (χ1v) is 8.00. The molecule has 1 atom stereocenters. The maximum Gasteiger partial charge on any atom is 0.254 e. The van der Waals surface area contributed by atoms with Gasteiger partial charge in [0.2, 0.25) is 0 Å². The molecule has 1 aliphatic rings. The molecule has 110 valence electrons. The number of halogens is 2. The first-order valence-electron chi connectivity index (χ1n) is 6.88. The van der Waals surface area contributed by atoms with E-state index in [4.69, 9.17) is 4.74 Å². The van der Waals surface area contributed by atoms with Crippen LogP contribution in [0.3, 0.4) is 0 Å². The summed E-state index contributed by atoms with van der Waals surface area (Å²) in [6, 6.07) is 4.60. The Labute approximate surface area is 127 Å². The van der Waals surface area contributed by atoms with Crippen molar-refractivity contribution >= 4 is 21.8 Å². The molecule has 1 aliphatic heterocycles. The van der Waals surface area contributed by atoms with Crippen LogP contribution in [0, 0.1) is 5.82 Å². The van der Waals surface area contributed by atoms with Gasteiger partial charge in [0, 0.05) is 23.5 Å². The first kappa shape index (κ1) is 15.3. The van der Waals surface area contributed by atoms with Crippen molar-refractivity contribution in [2.75, 3.05) is 19.0 Å². The van der Waals surface area contributed by atoms with E-state index < -0.39 is 5.82 Å². The Kier molecular flexibility index (Phi) is 5.40. The molecule has 1 saturated heterocycles. The molecule has 1 amide bonds. The van der Waals surface area contributed by atoms with Crippen molar-refractivity contribution in [3.63, 3.8) is 0 Å². The summed E-state index contributed by atoms with van der Waals surface area (Å²) in [6.07, 6.45) is 4.16. The molecular formula is C15H19BrFNO2. The van der Waals surface area contributed by atoms with Gasteiger partial charge in [0.1, 0.15) is 0 Å². The van der Waals surface area contributed by atoms with Crippen LogP contribution in [0.1, 0.15) is 36.0 Å². The minimum atomic E-state index is -0.443. The third kappa shape index (κ3) is 3.32. The van der Waals surface area contributed by atoms with E-state index in [-0.39, 0.29) is 11.7 Å². The molecule has 1 aromatic carbocycles. The van der Waals surface area contributed by atoms with E-state index in [9.17, 15) is 9.18 Å². The van der Waals surface area contributed by atoms with Gasteiger partial charge in [-0.2, -0.15) is 0 Å². The Balaban J connectivity index is 2.13. The third-order valence-corrected chi connectivity index (χ3v) is 4.27. The first-order chi connectivity index (χ1) is 9.67. The number of amides is 1. The summed E-state index contributed by atoms with van der Waals surface area (Å²) in [5.41, 5.74) is 0.494. The number of carbonyl (C=O) groups excluding carboxylic acids is 1. The van der Waals surface area contributed by atoms with E-state index in [1.165, 1.54) is 25.3 Å². The van der Waals surface area contributed by atoms with Gasteiger partial charge in [0.25, 0.3) is 5.91 Å². The number of likely N-dealkylation sites (tertiary alicyclic amines) is 1. The lowest BCUT2D eigenvalue weighted by Gasteiger charge is -2.24. The van der Waals surface area contributed by atoms with Crippen molar-refractivity contribution in [1.82, 2.24) is 4.90 Å². The number of nitrogens with zero attached hydrogens (tertiary/aromatic N) is 1. The summed E-state index contributed by atoms with van der Waals surface area (Å²) in [4.78, 5) is 14.4. The van der Waals surface area contributed by atoms with Gasteiger partial charge in [-0.3, -0.25) is 4.79 Å². The van der Waals surface area contributed by atoms with Crippen molar-refractivity contribution in [2.24, 2.45) is 0 Å². The van der Waals surface area contributed by atoms with Gasteiger partial charge in [-0.1, -0.05) is 15.9 Å². The molecule has 3 nitrogen and oxygen atoms in total. The Hall–Kier alpha value is -1.10. The normalized spacial score (nSPS) is 18.4. The zero-order valence-electron chi connectivity index (χ0n) is 11.6. The molecule has 0 N–H and O–H groups in total. The van der Waals surface area contributed by atoms with E-state index in [1.54, 1.807) is 0 Å². The van der Waals surface area contributed by atoms with Crippen molar-refractivity contribution in [3.05, 3.63) is 29.6 Å². The van der Waals surface area contributed by atoms with E-state index in [0.29, 0.717) is 11.6 Å². The molecule has 0 spiro atoms. The molecule has 1 fully saturated rings. The molecule has 1 unspecified atom stereocenters. The summed E-state index contributed by atoms with van der Waals surface area (Å²) in [5, 5.41) is 0.954. The average molecular weight is 344 g/mol. The van der Waals surface area contributed by atoms with Crippen molar-refractivity contribution in [3.8, 4) is 5.75 Å². The van der Waals surface area contributed by atoms with Gasteiger partial charge in [-0.15, -0.1) is 0 Å². The molecule has 0 saturated carbocycles. The van der Waals surface area contributed by atoms with Crippen LogP contribution < -0.4 is 4.74 Å². The molecule has 0 radical (unpaired) electrons. The Bertz CT molecular complexity index is 481. The van der Waals surface area contributed by atoms with Crippen LogP contribution in [0.25, 0.3) is 0 Å². The second kappa shape index (κ2) is 7.07. The predicted molar refractivity (Wildman–Crippen MR) is 80.0 cm³/mol. The minimum absolute atomic E-state index is 0.0274. The molecule has 0 aliphatic carbocycles. The summed E-state index contributed by atoms with van der Waals surface area (Å²) in [6.45, 7) is 0.783. The summed E-state index contributed by atoms with van der Waals surface area (Å²) >= 11 is 3.42. The van der Waals surface area contributed by atoms with E-state index in [2.05, 4.69) is 15.9 Å². The van der Waals surface area contributed by atoms with Crippen LogP contribution in [0.15, 0.2) is 18.2 Å². The lowest BCUT2D eigenvalue weighted by Crippen LogP contribution is -2.35. The van der Waals surface area contributed by atoms with Crippen LogP contribution in [0.5, 0.6) is 5.75 Å². The second-order valence-corrected chi connectivity index (χ2v) is 5.77. The molecule has 1 heterocycles. The fraction of sp³-hybridized carbons (Fsp3) is 0.533.